The van der Waals surface area contributed by atoms with E-state index in [1.54, 1.807) is 0 Å². The van der Waals surface area contributed by atoms with Gasteiger partial charge in [0.05, 0.1) is 12.6 Å². The summed E-state index contributed by atoms with van der Waals surface area (Å²) in [5.41, 5.74) is 2.78. The second kappa shape index (κ2) is 11.6. The van der Waals surface area contributed by atoms with E-state index in [0.717, 1.165) is 58.1 Å². The van der Waals surface area contributed by atoms with E-state index in [4.69, 9.17) is 9.73 Å². The topological polar surface area (TPSA) is 40.1 Å². The predicted octanol–water partition coefficient (Wildman–Crippen LogP) is 4.03. The zero-order chi connectivity index (χ0) is 20.5. The van der Waals surface area contributed by atoms with Crippen molar-refractivity contribution in [2.24, 2.45) is 4.99 Å². The largest absolute Gasteiger partial charge is 0.378 e. The molecule has 5 heteroatoms. The normalized spacial score (nSPS) is 22.1. The minimum absolute atomic E-state index is 0.409. The van der Waals surface area contributed by atoms with Gasteiger partial charge in [0.25, 0.3) is 0 Å². The Morgan fingerprint density at radius 2 is 1.83 bits per heavy atom. The van der Waals surface area contributed by atoms with Gasteiger partial charge in [-0.3, -0.25) is 4.90 Å². The van der Waals surface area contributed by atoms with Gasteiger partial charge in [-0.05, 0) is 64.1 Å². The molecule has 0 amide bonds. The summed E-state index contributed by atoms with van der Waals surface area (Å²) in [7, 11) is 0. The molecule has 2 saturated heterocycles. The molecule has 0 bridgehead atoms. The van der Waals surface area contributed by atoms with Gasteiger partial charge in [0, 0.05) is 38.8 Å². The lowest BCUT2D eigenvalue weighted by Gasteiger charge is -2.34. The maximum absolute atomic E-state index is 5.81. The van der Waals surface area contributed by atoms with Crippen LogP contribution in [0.3, 0.4) is 0 Å². The van der Waals surface area contributed by atoms with E-state index in [1.165, 1.54) is 36.9 Å². The van der Waals surface area contributed by atoms with Crippen molar-refractivity contribution in [1.29, 1.82) is 0 Å². The quantitative estimate of drug-likeness (QED) is 0.554. The number of benzene rings is 1. The highest BCUT2D eigenvalue weighted by molar-refractivity contribution is 5.80. The molecule has 1 aromatic carbocycles. The third kappa shape index (κ3) is 6.45. The monoisotopic (exact) mass is 400 g/mol. The van der Waals surface area contributed by atoms with Gasteiger partial charge in [-0.25, -0.2) is 4.99 Å². The summed E-state index contributed by atoms with van der Waals surface area (Å²) in [6.07, 6.45) is 6.60. The molecule has 1 unspecified atom stereocenters. The molecule has 0 saturated carbocycles. The van der Waals surface area contributed by atoms with E-state index in [-0.39, 0.29) is 0 Å². The highest BCUT2D eigenvalue weighted by Crippen LogP contribution is 2.21. The Morgan fingerprint density at radius 1 is 1.07 bits per heavy atom. The molecule has 0 spiro atoms. The fourth-order valence-electron chi connectivity index (χ4n) is 4.53. The first-order valence-electron chi connectivity index (χ1n) is 11.7. The van der Waals surface area contributed by atoms with Crippen molar-refractivity contribution in [1.82, 2.24) is 15.1 Å². The van der Waals surface area contributed by atoms with Crippen molar-refractivity contribution < 1.29 is 4.74 Å². The zero-order valence-electron chi connectivity index (χ0n) is 18.7. The molecule has 0 aliphatic carbocycles. The number of piperidine rings is 2. The minimum Gasteiger partial charge on any atom is -0.378 e. The first-order valence-corrected chi connectivity index (χ1v) is 11.7. The van der Waals surface area contributed by atoms with Gasteiger partial charge in [0.1, 0.15) is 0 Å². The number of hydrogen-bond donors (Lipinski definition) is 1. The van der Waals surface area contributed by atoms with E-state index < -0.39 is 0 Å². The molecule has 3 rings (SSSR count). The Labute approximate surface area is 177 Å². The first-order chi connectivity index (χ1) is 14.2. The molecule has 2 aliphatic rings. The Morgan fingerprint density at radius 3 is 2.52 bits per heavy atom. The molecular weight excluding hydrogens is 360 g/mol. The number of likely N-dealkylation sites (tertiary alicyclic amines) is 2. The van der Waals surface area contributed by atoms with Gasteiger partial charge in [-0.1, -0.05) is 30.7 Å². The minimum atomic E-state index is 0.409. The molecule has 1 atom stereocenters. The number of nitrogens with one attached hydrogen (secondary N) is 1. The molecule has 1 aromatic rings. The van der Waals surface area contributed by atoms with E-state index >= 15 is 0 Å². The van der Waals surface area contributed by atoms with Crippen molar-refractivity contribution in [2.45, 2.75) is 78.1 Å². The summed E-state index contributed by atoms with van der Waals surface area (Å²) in [4.78, 5) is 10.1. The fourth-order valence-corrected chi connectivity index (χ4v) is 4.53. The van der Waals surface area contributed by atoms with Crippen molar-refractivity contribution in [3.8, 4) is 0 Å². The van der Waals surface area contributed by atoms with Crippen molar-refractivity contribution in [2.75, 3.05) is 32.8 Å². The van der Waals surface area contributed by atoms with Crippen LogP contribution in [-0.4, -0.2) is 60.7 Å². The maximum Gasteiger partial charge on any atom is 0.194 e. The second-order valence-corrected chi connectivity index (χ2v) is 8.40. The molecule has 5 nitrogen and oxygen atoms in total. The van der Waals surface area contributed by atoms with Crippen LogP contribution in [0.25, 0.3) is 0 Å². The smallest absolute Gasteiger partial charge is 0.194 e. The van der Waals surface area contributed by atoms with Crippen LogP contribution in [0.4, 0.5) is 0 Å². The molecule has 2 aliphatic heterocycles. The van der Waals surface area contributed by atoms with E-state index in [2.05, 4.69) is 60.2 Å². The Hall–Kier alpha value is -1.59. The van der Waals surface area contributed by atoms with E-state index in [9.17, 15) is 0 Å². The summed E-state index contributed by atoms with van der Waals surface area (Å²) in [5.74, 6) is 1.04. The Bertz CT molecular complexity index is 640. The van der Waals surface area contributed by atoms with Crippen LogP contribution >= 0.6 is 0 Å². The van der Waals surface area contributed by atoms with Crippen LogP contribution in [0.5, 0.6) is 0 Å². The van der Waals surface area contributed by atoms with Crippen LogP contribution in [-0.2, 0) is 17.8 Å². The third-order valence-electron chi connectivity index (χ3n) is 6.31. The predicted molar refractivity (Wildman–Crippen MR) is 121 cm³/mol. The van der Waals surface area contributed by atoms with Crippen LogP contribution < -0.4 is 5.32 Å². The Balaban J connectivity index is 1.65. The van der Waals surface area contributed by atoms with Crippen LogP contribution in [0.2, 0.25) is 0 Å². The van der Waals surface area contributed by atoms with Gasteiger partial charge >= 0.3 is 0 Å². The number of guanidine groups is 1. The molecular formula is C24H40N4O. The molecule has 2 fully saturated rings. The van der Waals surface area contributed by atoms with Gasteiger partial charge in [0.15, 0.2) is 5.96 Å². The number of nitrogens with zero attached hydrogens (tertiary/aromatic N) is 3. The number of ether oxygens (including phenoxy) is 1. The summed E-state index contributed by atoms with van der Waals surface area (Å²) in [6, 6.07) is 9.53. The molecule has 29 heavy (non-hydrogen) atoms. The summed E-state index contributed by atoms with van der Waals surface area (Å²) < 4.78 is 5.81. The highest BCUT2D eigenvalue weighted by Gasteiger charge is 2.22. The maximum atomic E-state index is 5.81. The van der Waals surface area contributed by atoms with Crippen LogP contribution in [0.1, 0.15) is 64.0 Å². The summed E-state index contributed by atoms with van der Waals surface area (Å²) in [6.45, 7) is 13.4. The van der Waals surface area contributed by atoms with Crippen LogP contribution in [0.15, 0.2) is 29.3 Å². The first kappa shape index (κ1) is 22.1. The molecule has 0 aromatic heterocycles. The van der Waals surface area contributed by atoms with Crippen molar-refractivity contribution in [3.63, 3.8) is 0 Å². The number of hydrogen-bond acceptors (Lipinski definition) is 3. The zero-order valence-corrected chi connectivity index (χ0v) is 18.7. The molecule has 1 N–H and O–H groups in total. The van der Waals surface area contributed by atoms with Crippen molar-refractivity contribution >= 4 is 5.96 Å². The van der Waals surface area contributed by atoms with Gasteiger partial charge in [0.2, 0.25) is 0 Å². The fraction of sp³-hybridized carbons (Fsp3) is 0.708. The van der Waals surface area contributed by atoms with Crippen molar-refractivity contribution in [3.05, 3.63) is 35.4 Å². The molecule has 2 heterocycles. The highest BCUT2D eigenvalue weighted by atomic mass is 16.5. The second-order valence-electron chi connectivity index (χ2n) is 8.40. The van der Waals surface area contributed by atoms with E-state index in [0.29, 0.717) is 12.1 Å². The lowest BCUT2D eigenvalue weighted by molar-refractivity contribution is 0.0263. The SMILES string of the molecule is CCNC(=NCc1ccccc1CN1CCCCC1C)N1CCC(OCC)CC1. The lowest BCUT2D eigenvalue weighted by atomic mass is 10.0. The molecule has 0 radical (unpaired) electrons. The lowest BCUT2D eigenvalue weighted by Crippen LogP contribution is -2.47. The van der Waals surface area contributed by atoms with Gasteiger partial charge in [-0.2, -0.15) is 0 Å². The summed E-state index contributed by atoms with van der Waals surface area (Å²) in [5, 5.41) is 3.50. The van der Waals surface area contributed by atoms with Crippen LogP contribution in [0, 0.1) is 0 Å². The number of rotatable bonds is 7. The number of aliphatic imine (C=N–C) groups is 1. The Kier molecular flexibility index (Phi) is 8.81. The third-order valence-corrected chi connectivity index (χ3v) is 6.31. The van der Waals surface area contributed by atoms with E-state index in [1.807, 2.05) is 0 Å². The molecule has 162 valence electrons. The van der Waals surface area contributed by atoms with Gasteiger partial charge in [-0.15, -0.1) is 0 Å². The summed E-state index contributed by atoms with van der Waals surface area (Å²) >= 11 is 0. The average Bonchev–Trinajstić information content (AvgIpc) is 2.74. The average molecular weight is 401 g/mol. The van der Waals surface area contributed by atoms with Gasteiger partial charge < -0.3 is 15.0 Å². The standard InChI is InChI=1S/C24H40N4O/c1-4-25-24(27-16-13-23(14-17-27)29-5-2)26-18-21-11-6-7-12-22(21)19-28-15-9-8-10-20(28)3/h6-7,11-12,20,23H,4-5,8-10,13-19H2,1-3H3,(H,25,26).